The maximum Gasteiger partial charge on any atom is 0.323 e. The molecule has 0 radical (unpaired) electrons. The van der Waals surface area contributed by atoms with E-state index in [0.29, 0.717) is 11.0 Å². The van der Waals surface area contributed by atoms with Crippen molar-refractivity contribution in [2.45, 2.75) is 0 Å². The lowest BCUT2D eigenvalue weighted by Crippen LogP contribution is -2.21. The second-order valence-corrected chi connectivity index (χ2v) is 2.63. The highest BCUT2D eigenvalue weighted by atomic mass is 16.4. The summed E-state index contributed by atoms with van der Waals surface area (Å²) in [6.45, 7) is 0. The fraction of sp³-hybridized carbons (Fsp3) is 0. The molecular weight excluding hydrogens is 172 g/mol. The fourth-order valence-electron chi connectivity index (χ4n) is 1.16. The van der Waals surface area contributed by atoms with E-state index in [1.54, 1.807) is 0 Å². The van der Waals surface area contributed by atoms with E-state index < -0.39 is 5.97 Å². The molecule has 13 heavy (non-hydrogen) atoms. The van der Waals surface area contributed by atoms with Crippen molar-refractivity contribution in [3.8, 4) is 0 Å². The number of nitrogens with one attached hydrogen (secondary N) is 2. The normalized spacial score (nSPS) is 10.5. The van der Waals surface area contributed by atoms with Gasteiger partial charge in [0, 0.05) is 0 Å². The molecule has 0 saturated carbocycles. The molecule has 1 aromatic carbocycles. The van der Waals surface area contributed by atoms with Crippen molar-refractivity contribution in [3.63, 3.8) is 0 Å². The van der Waals surface area contributed by atoms with E-state index in [-0.39, 0.29) is 11.3 Å². The third kappa shape index (κ3) is 1.20. The van der Waals surface area contributed by atoms with Crippen LogP contribution in [-0.2, 0) is 0 Å². The molecule has 0 amide bonds. The zero-order chi connectivity index (χ0) is 9.42. The SMILES string of the molecule is O=C([O-])c1ccc2[nH]c(=O)[nH]c2c1. The second kappa shape index (κ2) is 2.48. The summed E-state index contributed by atoms with van der Waals surface area (Å²) >= 11 is 0. The number of hydrogen-bond acceptors (Lipinski definition) is 3. The molecule has 0 aliphatic heterocycles. The van der Waals surface area contributed by atoms with Crippen molar-refractivity contribution in [2.75, 3.05) is 0 Å². The minimum Gasteiger partial charge on any atom is -0.545 e. The lowest BCUT2D eigenvalue weighted by Gasteiger charge is -2.00. The molecule has 2 aromatic rings. The van der Waals surface area contributed by atoms with E-state index in [1.807, 2.05) is 0 Å². The number of aromatic nitrogens is 2. The molecule has 66 valence electrons. The first-order valence-electron chi connectivity index (χ1n) is 3.60. The Morgan fingerprint density at radius 1 is 1.23 bits per heavy atom. The van der Waals surface area contributed by atoms with Gasteiger partial charge < -0.3 is 19.9 Å². The van der Waals surface area contributed by atoms with E-state index in [4.69, 9.17) is 0 Å². The van der Waals surface area contributed by atoms with Crippen LogP contribution < -0.4 is 10.8 Å². The average molecular weight is 177 g/mol. The summed E-state index contributed by atoms with van der Waals surface area (Å²) in [5.41, 5.74) is 0.731. The summed E-state index contributed by atoms with van der Waals surface area (Å²) in [5, 5.41) is 10.4. The predicted octanol–water partition coefficient (Wildman–Crippen LogP) is -0.780. The molecule has 0 unspecified atom stereocenters. The summed E-state index contributed by atoms with van der Waals surface area (Å²) in [6, 6.07) is 4.24. The number of carbonyl (C=O) groups excluding carboxylic acids is 1. The van der Waals surface area contributed by atoms with Crippen molar-refractivity contribution in [1.82, 2.24) is 9.97 Å². The standard InChI is InChI=1S/C8H6N2O3/c11-7(12)4-1-2-5-6(3-4)10-8(13)9-5/h1-3H,(H,11,12)(H2,9,10,13)/p-1. The summed E-state index contributed by atoms with van der Waals surface area (Å²) in [7, 11) is 0. The zero-order valence-corrected chi connectivity index (χ0v) is 6.46. The zero-order valence-electron chi connectivity index (χ0n) is 6.46. The maximum absolute atomic E-state index is 10.8. The molecule has 0 aliphatic carbocycles. The summed E-state index contributed by atoms with van der Waals surface area (Å²) in [4.78, 5) is 26.2. The molecule has 1 heterocycles. The highest BCUT2D eigenvalue weighted by Crippen LogP contribution is 2.08. The first-order chi connectivity index (χ1) is 6.16. The van der Waals surface area contributed by atoms with Gasteiger partial charge in [0.2, 0.25) is 0 Å². The molecule has 0 spiro atoms. The van der Waals surface area contributed by atoms with Crippen molar-refractivity contribution >= 4 is 17.0 Å². The Bertz CT molecular complexity index is 523. The van der Waals surface area contributed by atoms with Crippen LogP contribution in [-0.4, -0.2) is 15.9 Å². The summed E-state index contributed by atoms with van der Waals surface area (Å²) in [6.07, 6.45) is 0. The molecule has 0 atom stereocenters. The minimum atomic E-state index is -1.26. The lowest BCUT2D eigenvalue weighted by atomic mass is 10.2. The van der Waals surface area contributed by atoms with Crippen molar-refractivity contribution in [3.05, 3.63) is 34.2 Å². The van der Waals surface area contributed by atoms with Crippen LogP contribution in [0.25, 0.3) is 11.0 Å². The molecule has 5 heteroatoms. The van der Waals surface area contributed by atoms with Crippen LogP contribution in [0.5, 0.6) is 0 Å². The van der Waals surface area contributed by atoms with Crippen LogP contribution in [0.15, 0.2) is 23.0 Å². The highest BCUT2D eigenvalue weighted by molar-refractivity contribution is 5.90. The van der Waals surface area contributed by atoms with Gasteiger partial charge >= 0.3 is 5.69 Å². The molecule has 0 fully saturated rings. The van der Waals surface area contributed by atoms with Crippen LogP contribution in [0.3, 0.4) is 0 Å². The Balaban J connectivity index is 2.74. The van der Waals surface area contributed by atoms with Gasteiger partial charge in [0.25, 0.3) is 0 Å². The predicted molar refractivity (Wildman–Crippen MR) is 43.2 cm³/mol. The highest BCUT2D eigenvalue weighted by Gasteiger charge is 1.99. The lowest BCUT2D eigenvalue weighted by molar-refractivity contribution is -0.255. The van der Waals surface area contributed by atoms with Gasteiger partial charge in [-0.2, -0.15) is 0 Å². The van der Waals surface area contributed by atoms with Crippen LogP contribution >= 0.6 is 0 Å². The van der Waals surface area contributed by atoms with E-state index in [0.717, 1.165) is 0 Å². The van der Waals surface area contributed by atoms with Gasteiger partial charge in [0.15, 0.2) is 0 Å². The molecule has 1 aromatic heterocycles. The molecule has 5 nitrogen and oxygen atoms in total. The van der Waals surface area contributed by atoms with Crippen molar-refractivity contribution in [2.24, 2.45) is 0 Å². The number of aromatic amines is 2. The van der Waals surface area contributed by atoms with Crippen LogP contribution in [0.2, 0.25) is 0 Å². The Morgan fingerprint density at radius 2 is 1.92 bits per heavy atom. The molecule has 0 bridgehead atoms. The van der Waals surface area contributed by atoms with Gasteiger partial charge in [-0.05, 0) is 17.7 Å². The first kappa shape index (κ1) is 7.60. The molecule has 2 rings (SSSR count). The fourth-order valence-corrected chi connectivity index (χ4v) is 1.16. The van der Waals surface area contributed by atoms with E-state index in [1.165, 1.54) is 18.2 Å². The van der Waals surface area contributed by atoms with Gasteiger partial charge in [-0.15, -0.1) is 0 Å². The van der Waals surface area contributed by atoms with Gasteiger partial charge in [-0.1, -0.05) is 6.07 Å². The molecule has 0 aliphatic rings. The first-order valence-corrected chi connectivity index (χ1v) is 3.60. The van der Waals surface area contributed by atoms with E-state index in [9.17, 15) is 14.7 Å². The van der Waals surface area contributed by atoms with E-state index in [2.05, 4.69) is 9.97 Å². The maximum atomic E-state index is 10.8. The Kier molecular flexibility index (Phi) is 1.45. The number of carbonyl (C=O) groups is 1. The van der Waals surface area contributed by atoms with Crippen molar-refractivity contribution in [1.29, 1.82) is 0 Å². The number of benzene rings is 1. The van der Waals surface area contributed by atoms with Crippen LogP contribution in [0.1, 0.15) is 10.4 Å². The monoisotopic (exact) mass is 177 g/mol. The molecular formula is C8H5N2O3-. The number of aromatic carboxylic acids is 1. The Hall–Kier alpha value is -2.04. The third-order valence-electron chi connectivity index (χ3n) is 1.75. The number of carboxylic acid groups (broad SMARTS) is 1. The van der Waals surface area contributed by atoms with Gasteiger partial charge in [-0.3, -0.25) is 0 Å². The number of fused-ring (bicyclic) bond motifs is 1. The third-order valence-corrected chi connectivity index (χ3v) is 1.75. The average Bonchev–Trinajstić information content (AvgIpc) is 2.42. The number of H-pyrrole nitrogens is 2. The van der Waals surface area contributed by atoms with Gasteiger partial charge in [-0.25, -0.2) is 4.79 Å². The number of carboxylic acids is 1. The Morgan fingerprint density at radius 3 is 2.62 bits per heavy atom. The smallest absolute Gasteiger partial charge is 0.323 e. The minimum absolute atomic E-state index is 0.0442. The number of rotatable bonds is 1. The Labute approximate surface area is 72.0 Å². The number of imidazole rings is 1. The van der Waals surface area contributed by atoms with Gasteiger partial charge in [0.05, 0.1) is 17.0 Å². The quantitative estimate of drug-likeness (QED) is 0.598. The van der Waals surface area contributed by atoms with Crippen LogP contribution in [0.4, 0.5) is 0 Å². The summed E-state index contributed by atoms with van der Waals surface area (Å²) in [5.74, 6) is -1.26. The molecule has 0 saturated heterocycles. The summed E-state index contributed by atoms with van der Waals surface area (Å²) < 4.78 is 0. The van der Waals surface area contributed by atoms with Gasteiger partial charge in [0.1, 0.15) is 0 Å². The topological polar surface area (TPSA) is 88.8 Å². The van der Waals surface area contributed by atoms with E-state index >= 15 is 0 Å². The van der Waals surface area contributed by atoms with Crippen LogP contribution in [0, 0.1) is 0 Å². The second-order valence-electron chi connectivity index (χ2n) is 2.63. The van der Waals surface area contributed by atoms with Crippen molar-refractivity contribution < 1.29 is 9.90 Å². The molecule has 2 N–H and O–H groups in total. The number of hydrogen-bond donors (Lipinski definition) is 2. The largest absolute Gasteiger partial charge is 0.545 e.